The predicted octanol–water partition coefficient (Wildman–Crippen LogP) is 4.40. The molecule has 2 nitrogen and oxygen atoms in total. The SMILES string of the molecule is COc1ccc(C#Cc2ccccc2S(=O)Cc2ccccc2)cc1. The Morgan fingerprint density at radius 3 is 2.24 bits per heavy atom. The fraction of sp³-hybridized carbons (Fsp3) is 0.0909. The first-order valence-electron chi connectivity index (χ1n) is 7.93. The molecule has 0 spiro atoms. The van der Waals surface area contributed by atoms with Gasteiger partial charge in [0.1, 0.15) is 5.75 Å². The van der Waals surface area contributed by atoms with Crippen LogP contribution in [0, 0.1) is 11.8 Å². The van der Waals surface area contributed by atoms with Crippen LogP contribution in [0.2, 0.25) is 0 Å². The molecule has 0 saturated heterocycles. The lowest BCUT2D eigenvalue weighted by Crippen LogP contribution is -1.99. The molecule has 0 aliphatic rings. The average Bonchev–Trinajstić information content (AvgIpc) is 2.68. The van der Waals surface area contributed by atoms with Gasteiger partial charge >= 0.3 is 0 Å². The van der Waals surface area contributed by atoms with Gasteiger partial charge in [0.2, 0.25) is 0 Å². The van der Waals surface area contributed by atoms with Crippen molar-refractivity contribution in [3.8, 4) is 17.6 Å². The van der Waals surface area contributed by atoms with Gasteiger partial charge in [-0.3, -0.25) is 4.21 Å². The summed E-state index contributed by atoms with van der Waals surface area (Å²) in [6.07, 6.45) is 0. The van der Waals surface area contributed by atoms with E-state index in [4.69, 9.17) is 4.74 Å². The molecular weight excluding hydrogens is 328 g/mol. The third-order valence-corrected chi connectivity index (χ3v) is 5.15. The van der Waals surface area contributed by atoms with Gasteiger partial charge in [-0.25, -0.2) is 0 Å². The normalized spacial score (nSPS) is 11.2. The maximum Gasteiger partial charge on any atom is 0.118 e. The molecule has 3 heteroatoms. The second-order valence-electron chi connectivity index (χ2n) is 5.45. The summed E-state index contributed by atoms with van der Waals surface area (Å²) < 4.78 is 17.9. The molecule has 1 unspecified atom stereocenters. The highest BCUT2D eigenvalue weighted by molar-refractivity contribution is 7.84. The quantitative estimate of drug-likeness (QED) is 0.655. The molecule has 0 N–H and O–H groups in total. The molecule has 25 heavy (non-hydrogen) atoms. The minimum Gasteiger partial charge on any atom is -0.497 e. The summed E-state index contributed by atoms with van der Waals surface area (Å²) in [5.41, 5.74) is 2.75. The van der Waals surface area contributed by atoms with Gasteiger partial charge in [0.25, 0.3) is 0 Å². The Morgan fingerprint density at radius 2 is 1.52 bits per heavy atom. The largest absolute Gasteiger partial charge is 0.497 e. The van der Waals surface area contributed by atoms with Gasteiger partial charge in [-0.05, 0) is 42.0 Å². The maximum atomic E-state index is 12.8. The summed E-state index contributed by atoms with van der Waals surface area (Å²) in [6.45, 7) is 0. The predicted molar refractivity (Wildman–Crippen MR) is 102 cm³/mol. The molecule has 0 heterocycles. The van der Waals surface area contributed by atoms with Crippen molar-refractivity contribution < 1.29 is 8.95 Å². The highest BCUT2D eigenvalue weighted by atomic mass is 32.2. The first-order chi connectivity index (χ1) is 12.3. The van der Waals surface area contributed by atoms with Crippen LogP contribution in [0.5, 0.6) is 5.75 Å². The van der Waals surface area contributed by atoms with Crippen LogP contribution < -0.4 is 4.74 Å². The van der Waals surface area contributed by atoms with Crippen molar-refractivity contribution in [2.24, 2.45) is 0 Å². The molecule has 0 fully saturated rings. The van der Waals surface area contributed by atoms with Crippen LogP contribution in [0.4, 0.5) is 0 Å². The Balaban J connectivity index is 1.83. The van der Waals surface area contributed by atoms with Crippen molar-refractivity contribution in [3.05, 3.63) is 95.6 Å². The molecule has 3 aromatic carbocycles. The first-order valence-corrected chi connectivity index (χ1v) is 9.25. The van der Waals surface area contributed by atoms with E-state index in [-0.39, 0.29) is 0 Å². The molecular formula is C22H18O2S. The van der Waals surface area contributed by atoms with Gasteiger partial charge < -0.3 is 4.74 Å². The summed E-state index contributed by atoms with van der Waals surface area (Å²) in [6, 6.07) is 25.1. The smallest absolute Gasteiger partial charge is 0.118 e. The Kier molecular flexibility index (Phi) is 5.66. The lowest BCUT2D eigenvalue weighted by atomic mass is 10.2. The minimum absolute atomic E-state index is 0.488. The number of hydrogen-bond donors (Lipinski definition) is 0. The summed E-state index contributed by atoms with van der Waals surface area (Å²) in [5, 5.41) is 0. The number of ether oxygens (including phenoxy) is 1. The van der Waals surface area contributed by atoms with E-state index in [0.717, 1.165) is 27.3 Å². The molecule has 0 radical (unpaired) electrons. The van der Waals surface area contributed by atoms with E-state index in [1.54, 1.807) is 7.11 Å². The van der Waals surface area contributed by atoms with Gasteiger partial charge in [0, 0.05) is 11.1 Å². The number of hydrogen-bond acceptors (Lipinski definition) is 2. The van der Waals surface area contributed by atoms with E-state index in [1.165, 1.54) is 0 Å². The zero-order valence-electron chi connectivity index (χ0n) is 13.9. The Labute approximate surface area is 150 Å². The molecule has 0 aliphatic carbocycles. The fourth-order valence-corrected chi connectivity index (χ4v) is 3.63. The molecule has 0 aliphatic heterocycles. The monoisotopic (exact) mass is 346 g/mol. The van der Waals surface area contributed by atoms with Crippen molar-refractivity contribution in [1.82, 2.24) is 0 Å². The van der Waals surface area contributed by atoms with Crippen LogP contribution in [-0.4, -0.2) is 11.3 Å². The summed E-state index contributed by atoms with van der Waals surface area (Å²) >= 11 is 0. The van der Waals surface area contributed by atoms with Crippen molar-refractivity contribution in [3.63, 3.8) is 0 Å². The maximum absolute atomic E-state index is 12.8. The number of rotatable bonds is 4. The van der Waals surface area contributed by atoms with E-state index >= 15 is 0 Å². The second-order valence-corrected chi connectivity index (χ2v) is 6.87. The Bertz CT molecular complexity index is 919. The van der Waals surface area contributed by atoms with Gasteiger partial charge in [-0.15, -0.1) is 0 Å². The molecule has 0 bridgehead atoms. The number of benzene rings is 3. The molecule has 3 rings (SSSR count). The van der Waals surface area contributed by atoms with Gasteiger partial charge in [-0.1, -0.05) is 54.3 Å². The number of methoxy groups -OCH3 is 1. The lowest BCUT2D eigenvalue weighted by Gasteiger charge is -2.05. The molecule has 0 aromatic heterocycles. The zero-order chi connectivity index (χ0) is 17.5. The van der Waals surface area contributed by atoms with E-state index in [0.29, 0.717) is 5.75 Å². The standard InChI is InChI=1S/C22H18O2S/c1-24-21-15-12-18(13-16-21)11-14-20-9-5-6-10-22(20)25(23)17-19-7-3-2-4-8-19/h2-10,12-13,15-16H,17H2,1H3. The molecule has 1 atom stereocenters. The fourth-order valence-electron chi connectivity index (χ4n) is 2.39. The van der Waals surface area contributed by atoms with Crippen molar-refractivity contribution in [2.75, 3.05) is 7.11 Å². The summed E-state index contributed by atoms with van der Waals surface area (Å²) in [7, 11) is 0.506. The minimum atomic E-state index is -1.13. The van der Waals surface area contributed by atoms with Crippen LogP contribution >= 0.6 is 0 Å². The lowest BCUT2D eigenvalue weighted by molar-refractivity contribution is 0.415. The van der Waals surface area contributed by atoms with Crippen molar-refractivity contribution in [1.29, 1.82) is 0 Å². The molecule has 0 amide bonds. The Hall–Kier alpha value is -2.83. The molecule has 3 aromatic rings. The van der Waals surface area contributed by atoms with Gasteiger partial charge in [0.05, 0.1) is 28.6 Å². The van der Waals surface area contributed by atoms with Crippen molar-refractivity contribution in [2.45, 2.75) is 10.6 Å². The highest BCUT2D eigenvalue weighted by Crippen LogP contribution is 2.17. The third-order valence-electron chi connectivity index (χ3n) is 3.70. The summed E-state index contributed by atoms with van der Waals surface area (Å²) in [5.74, 6) is 7.57. The average molecular weight is 346 g/mol. The van der Waals surface area contributed by atoms with Crippen LogP contribution in [0.25, 0.3) is 0 Å². The Morgan fingerprint density at radius 1 is 0.840 bits per heavy atom. The van der Waals surface area contributed by atoms with Crippen LogP contribution in [0.1, 0.15) is 16.7 Å². The zero-order valence-corrected chi connectivity index (χ0v) is 14.8. The van der Waals surface area contributed by atoms with Crippen LogP contribution in [0.3, 0.4) is 0 Å². The van der Waals surface area contributed by atoms with Crippen LogP contribution in [0.15, 0.2) is 83.8 Å². The summed E-state index contributed by atoms with van der Waals surface area (Å²) in [4.78, 5) is 0.771. The second kappa shape index (κ2) is 8.32. The van der Waals surface area contributed by atoms with Gasteiger partial charge in [-0.2, -0.15) is 0 Å². The van der Waals surface area contributed by atoms with E-state index in [9.17, 15) is 4.21 Å². The third kappa shape index (κ3) is 4.59. The van der Waals surface area contributed by atoms with Gasteiger partial charge in [0.15, 0.2) is 0 Å². The van der Waals surface area contributed by atoms with E-state index in [1.807, 2.05) is 78.9 Å². The first kappa shape index (κ1) is 17.0. The van der Waals surface area contributed by atoms with E-state index in [2.05, 4.69) is 11.8 Å². The van der Waals surface area contributed by atoms with Crippen LogP contribution in [-0.2, 0) is 16.6 Å². The van der Waals surface area contributed by atoms with E-state index < -0.39 is 10.8 Å². The highest BCUT2D eigenvalue weighted by Gasteiger charge is 2.08. The van der Waals surface area contributed by atoms with Crippen molar-refractivity contribution >= 4 is 10.8 Å². The molecule has 124 valence electrons. The molecule has 0 saturated carbocycles. The topological polar surface area (TPSA) is 26.3 Å².